The lowest BCUT2D eigenvalue weighted by Gasteiger charge is -2.12. The van der Waals surface area contributed by atoms with Crippen LogP contribution in [0.15, 0.2) is 85.1 Å². The summed E-state index contributed by atoms with van der Waals surface area (Å²) in [6, 6.07) is 27.3. The fourth-order valence-corrected chi connectivity index (χ4v) is 3.95. The molecule has 0 bridgehead atoms. The maximum atomic E-state index is 9.84. The number of rotatable bonds is 5. The number of para-hydroxylation sites is 1. The first-order valence-corrected chi connectivity index (χ1v) is 10.3. The van der Waals surface area contributed by atoms with Crippen LogP contribution in [-0.2, 0) is 0 Å². The lowest BCUT2D eigenvalue weighted by atomic mass is 10.00. The van der Waals surface area contributed by atoms with E-state index in [2.05, 4.69) is 33.6 Å². The Labute approximate surface area is 188 Å². The molecule has 3 aromatic carbocycles. The van der Waals surface area contributed by atoms with E-state index in [4.69, 9.17) is 9.47 Å². The highest BCUT2D eigenvalue weighted by molar-refractivity contribution is 14.1. The summed E-state index contributed by atoms with van der Waals surface area (Å²) in [5.41, 5.74) is 4.04. The molecule has 0 aliphatic heterocycles. The molecule has 1 heterocycles. The van der Waals surface area contributed by atoms with Crippen molar-refractivity contribution in [3.8, 4) is 45.7 Å². The molecule has 146 valence electrons. The van der Waals surface area contributed by atoms with Gasteiger partial charge in [-0.2, -0.15) is 5.26 Å². The van der Waals surface area contributed by atoms with Gasteiger partial charge in [-0.15, -0.1) is 0 Å². The van der Waals surface area contributed by atoms with Crippen molar-refractivity contribution >= 4 is 22.6 Å². The largest absolute Gasteiger partial charge is 0.497 e. The van der Waals surface area contributed by atoms with Gasteiger partial charge in [-0.1, -0.05) is 30.3 Å². The predicted molar refractivity (Wildman–Crippen MR) is 126 cm³/mol. The Hall–Kier alpha value is -3.37. The predicted octanol–water partition coefficient (Wildman–Crippen LogP) is 6.69. The Morgan fingerprint density at radius 1 is 0.800 bits per heavy atom. The first-order chi connectivity index (χ1) is 14.7. The molecule has 4 aromatic rings. The Bertz CT molecular complexity index is 1200. The zero-order chi connectivity index (χ0) is 20.9. The first-order valence-electron chi connectivity index (χ1n) is 9.26. The summed E-state index contributed by atoms with van der Waals surface area (Å²) in [6.07, 6.45) is 1.76. The SMILES string of the molecule is COc1ccc(-c2ncc(-c3ccc(Oc4ccccc4)cc3)c(C#N)c2I)cc1. The van der Waals surface area contributed by atoms with E-state index in [1.165, 1.54) is 0 Å². The van der Waals surface area contributed by atoms with Crippen LogP contribution in [0.2, 0.25) is 0 Å². The maximum absolute atomic E-state index is 9.84. The van der Waals surface area contributed by atoms with E-state index in [-0.39, 0.29) is 0 Å². The number of hydrogen-bond acceptors (Lipinski definition) is 4. The van der Waals surface area contributed by atoms with E-state index in [1.807, 2.05) is 78.9 Å². The molecule has 0 saturated carbocycles. The number of hydrogen-bond donors (Lipinski definition) is 0. The number of nitrogens with zero attached hydrogens (tertiary/aromatic N) is 2. The van der Waals surface area contributed by atoms with Crippen molar-refractivity contribution in [3.05, 3.63) is 94.2 Å². The second kappa shape index (κ2) is 8.97. The Morgan fingerprint density at radius 2 is 1.40 bits per heavy atom. The van der Waals surface area contributed by atoms with Gasteiger partial charge in [0, 0.05) is 17.3 Å². The van der Waals surface area contributed by atoms with E-state index in [1.54, 1.807) is 13.3 Å². The van der Waals surface area contributed by atoms with Crippen molar-refractivity contribution < 1.29 is 9.47 Å². The molecule has 0 fully saturated rings. The number of pyridine rings is 1. The summed E-state index contributed by atoms with van der Waals surface area (Å²) in [5.74, 6) is 2.30. The van der Waals surface area contributed by atoms with Gasteiger partial charge in [-0.05, 0) is 76.7 Å². The van der Waals surface area contributed by atoms with Crippen molar-refractivity contribution in [2.75, 3.05) is 7.11 Å². The number of aromatic nitrogens is 1. The minimum absolute atomic E-state index is 0.605. The molecule has 1 aromatic heterocycles. The molecule has 4 rings (SSSR count). The van der Waals surface area contributed by atoms with E-state index in [0.717, 1.165) is 43.2 Å². The molecule has 0 amide bonds. The highest BCUT2D eigenvalue weighted by Crippen LogP contribution is 2.34. The maximum Gasteiger partial charge on any atom is 0.127 e. The summed E-state index contributed by atoms with van der Waals surface area (Å²) in [5, 5.41) is 9.84. The smallest absolute Gasteiger partial charge is 0.127 e. The van der Waals surface area contributed by atoms with E-state index >= 15 is 0 Å². The molecule has 0 aliphatic carbocycles. The molecule has 0 saturated heterocycles. The number of ether oxygens (including phenoxy) is 2. The summed E-state index contributed by atoms with van der Waals surface area (Å²) in [7, 11) is 1.63. The first kappa shape index (κ1) is 19.9. The zero-order valence-electron chi connectivity index (χ0n) is 16.2. The van der Waals surface area contributed by atoms with Crippen molar-refractivity contribution in [1.82, 2.24) is 4.98 Å². The molecule has 0 spiro atoms. The van der Waals surface area contributed by atoms with Crippen LogP contribution in [0.5, 0.6) is 17.2 Å². The van der Waals surface area contributed by atoms with Crippen molar-refractivity contribution in [3.63, 3.8) is 0 Å². The zero-order valence-corrected chi connectivity index (χ0v) is 18.3. The molecule has 30 heavy (non-hydrogen) atoms. The molecular weight excluding hydrogens is 487 g/mol. The summed E-state index contributed by atoms with van der Waals surface area (Å²) < 4.78 is 11.9. The molecule has 0 atom stereocenters. The second-order valence-electron chi connectivity index (χ2n) is 6.49. The molecule has 0 unspecified atom stereocenters. The van der Waals surface area contributed by atoms with Crippen molar-refractivity contribution in [1.29, 1.82) is 5.26 Å². The van der Waals surface area contributed by atoms with Gasteiger partial charge in [0.2, 0.25) is 0 Å². The third kappa shape index (κ3) is 4.14. The highest BCUT2D eigenvalue weighted by atomic mass is 127. The van der Waals surface area contributed by atoms with Gasteiger partial charge >= 0.3 is 0 Å². The third-order valence-electron chi connectivity index (χ3n) is 4.64. The topological polar surface area (TPSA) is 55.1 Å². The van der Waals surface area contributed by atoms with Gasteiger partial charge in [-0.25, -0.2) is 0 Å². The van der Waals surface area contributed by atoms with Crippen LogP contribution < -0.4 is 9.47 Å². The van der Waals surface area contributed by atoms with Gasteiger partial charge in [-0.3, -0.25) is 4.98 Å². The molecule has 0 radical (unpaired) electrons. The van der Waals surface area contributed by atoms with Crippen LogP contribution in [0.3, 0.4) is 0 Å². The highest BCUT2D eigenvalue weighted by Gasteiger charge is 2.15. The van der Waals surface area contributed by atoms with Crippen LogP contribution in [-0.4, -0.2) is 12.1 Å². The number of halogens is 1. The van der Waals surface area contributed by atoms with Crippen LogP contribution >= 0.6 is 22.6 Å². The molecular formula is C25H17IN2O2. The van der Waals surface area contributed by atoms with E-state index < -0.39 is 0 Å². The molecule has 4 nitrogen and oxygen atoms in total. The van der Waals surface area contributed by atoms with Crippen LogP contribution in [0.4, 0.5) is 0 Å². The van der Waals surface area contributed by atoms with Gasteiger partial charge in [0.25, 0.3) is 0 Å². The second-order valence-corrected chi connectivity index (χ2v) is 7.57. The van der Waals surface area contributed by atoms with Crippen molar-refractivity contribution in [2.24, 2.45) is 0 Å². The fraction of sp³-hybridized carbons (Fsp3) is 0.0400. The van der Waals surface area contributed by atoms with Gasteiger partial charge in [0.05, 0.1) is 21.9 Å². The van der Waals surface area contributed by atoms with E-state index in [9.17, 15) is 5.26 Å². The van der Waals surface area contributed by atoms with Gasteiger partial charge in [0.1, 0.15) is 23.3 Å². The van der Waals surface area contributed by atoms with Gasteiger partial charge < -0.3 is 9.47 Å². The van der Waals surface area contributed by atoms with Crippen LogP contribution in [0.1, 0.15) is 5.56 Å². The average molecular weight is 504 g/mol. The van der Waals surface area contributed by atoms with Crippen LogP contribution in [0.25, 0.3) is 22.4 Å². The Kier molecular flexibility index (Phi) is 5.96. The number of benzene rings is 3. The minimum Gasteiger partial charge on any atom is -0.497 e. The third-order valence-corrected chi connectivity index (χ3v) is 5.69. The minimum atomic E-state index is 0.605. The molecule has 5 heteroatoms. The Morgan fingerprint density at radius 3 is 2.03 bits per heavy atom. The lowest BCUT2D eigenvalue weighted by Crippen LogP contribution is -1.96. The Balaban J connectivity index is 1.65. The quantitative estimate of drug-likeness (QED) is 0.284. The van der Waals surface area contributed by atoms with Gasteiger partial charge in [0.15, 0.2) is 0 Å². The van der Waals surface area contributed by atoms with E-state index in [0.29, 0.717) is 5.56 Å². The normalized spacial score (nSPS) is 10.3. The van der Waals surface area contributed by atoms with Crippen LogP contribution in [0, 0.1) is 14.9 Å². The lowest BCUT2D eigenvalue weighted by molar-refractivity contribution is 0.415. The number of methoxy groups -OCH3 is 1. The fourth-order valence-electron chi connectivity index (χ4n) is 3.09. The summed E-state index contributed by atoms with van der Waals surface area (Å²) in [4.78, 5) is 4.65. The summed E-state index contributed by atoms with van der Waals surface area (Å²) in [6.45, 7) is 0. The molecule has 0 N–H and O–H groups in total. The monoisotopic (exact) mass is 504 g/mol. The molecule has 0 aliphatic rings. The average Bonchev–Trinajstić information content (AvgIpc) is 2.80. The summed E-state index contributed by atoms with van der Waals surface area (Å²) >= 11 is 2.20. The number of nitriles is 1. The van der Waals surface area contributed by atoms with Crippen molar-refractivity contribution in [2.45, 2.75) is 0 Å². The standard InChI is InChI=1S/C25H17IN2O2/c1-29-19-11-9-18(10-12-19)25-24(26)22(15-27)23(16-28-25)17-7-13-21(14-8-17)30-20-5-3-2-4-6-20/h2-14,16H,1H3.